The predicted octanol–water partition coefficient (Wildman–Crippen LogP) is 5.32. The highest BCUT2D eigenvalue weighted by Crippen LogP contribution is 2.26. The highest BCUT2D eigenvalue weighted by atomic mass is 79.9. The molecule has 0 bridgehead atoms. The maximum atomic E-state index is 12.1. The zero-order chi connectivity index (χ0) is 14.0. The van der Waals surface area contributed by atoms with Crippen molar-refractivity contribution in [3.8, 4) is 0 Å². The van der Waals surface area contributed by atoms with Crippen molar-refractivity contribution in [3.63, 3.8) is 0 Å². The third-order valence-electron chi connectivity index (χ3n) is 2.61. The minimum absolute atomic E-state index is 0.212. The molecule has 0 aliphatic rings. The Hall–Kier alpha value is -1.03. The lowest BCUT2D eigenvalue weighted by Gasteiger charge is -2.07. The Morgan fingerprint density at radius 2 is 1.84 bits per heavy atom. The number of carbonyl (C=O) groups is 1. The molecule has 0 radical (unpaired) electrons. The van der Waals surface area contributed by atoms with Crippen molar-refractivity contribution in [1.29, 1.82) is 0 Å². The molecule has 0 spiro atoms. The molecule has 1 N–H and O–H groups in total. The summed E-state index contributed by atoms with van der Waals surface area (Å²) in [6.07, 6.45) is 0. The Morgan fingerprint density at radius 3 is 2.47 bits per heavy atom. The molecule has 0 aromatic heterocycles. The van der Waals surface area contributed by atoms with Gasteiger partial charge < -0.3 is 5.32 Å². The molecule has 5 heteroatoms. The van der Waals surface area contributed by atoms with Crippen LogP contribution < -0.4 is 5.32 Å². The molecule has 98 valence electrons. The first-order valence-corrected chi connectivity index (χ1v) is 7.05. The summed E-state index contributed by atoms with van der Waals surface area (Å²) in [5.41, 5.74) is 2.12. The van der Waals surface area contributed by atoms with Gasteiger partial charge in [-0.3, -0.25) is 4.79 Å². The molecule has 0 fully saturated rings. The molecule has 2 aromatic rings. The van der Waals surface area contributed by atoms with Crippen molar-refractivity contribution in [2.75, 3.05) is 5.32 Å². The number of hydrogen-bond donors (Lipinski definition) is 1. The van der Waals surface area contributed by atoms with Gasteiger partial charge in [-0.05, 0) is 58.7 Å². The quantitative estimate of drug-likeness (QED) is 0.773. The molecule has 0 heterocycles. The standard InChI is InChI=1S/C14H10BrCl2NO/c1-8-2-3-9(6-13(8)17)14(19)18-10-4-5-12(16)11(15)7-10/h2-7H,1H3,(H,18,19). The van der Waals surface area contributed by atoms with E-state index in [9.17, 15) is 4.79 Å². The van der Waals surface area contributed by atoms with Crippen LogP contribution >= 0.6 is 39.1 Å². The van der Waals surface area contributed by atoms with Crippen LogP contribution in [0, 0.1) is 6.92 Å². The van der Waals surface area contributed by atoms with E-state index >= 15 is 0 Å². The highest BCUT2D eigenvalue weighted by molar-refractivity contribution is 9.10. The van der Waals surface area contributed by atoms with E-state index in [-0.39, 0.29) is 5.91 Å². The summed E-state index contributed by atoms with van der Waals surface area (Å²) in [7, 11) is 0. The Morgan fingerprint density at radius 1 is 1.11 bits per heavy atom. The fourth-order valence-corrected chi connectivity index (χ4v) is 2.19. The monoisotopic (exact) mass is 357 g/mol. The van der Waals surface area contributed by atoms with Crippen molar-refractivity contribution in [2.45, 2.75) is 6.92 Å². The van der Waals surface area contributed by atoms with E-state index in [1.54, 1.807) is 30.3 Å². The van der Waals surface area contributed by atoms with E-state index in [1.807, 2.05) is 13.0 Å². The van der Waals surface area contributed by atoms with Gasteiger partial charge in [0.2, 0.25) is 0 Å². The Balaban J connectivity index is 2.20. The SMILES string of the molecule is Cc1ccc(C(=O)Nc2ccc(Cl)c(Br)c2)cc1Cl. The summed E-state index contributed by atoms with van der Waals surface area (Å²) in [6.45, 7) is 1.89. The molecule has 0 aliphatic heterocycles. The smallest absolute Gasteiger partial charge is 0.255 e. The van der Waals surface area contributed by atoms with Crippen LogP contribution in [-0.4, -0.2) is 5.91 Å². The molecule has 2 nitrogen and oxygen atoms in total. The molecule has 19 heavy (non-hydrogen) atoms. The van der Waals surface area contributed by atoms with Crippen LogP contribution in [0.5, 0.6) is 0 Å². The number of aryl methyl sites for hydroxylation is 1. The average molecular weight is 359 g/mol. The Labute approximate surface area is 129 Å². The lowest BCUT2D eigenvalue weighted by Crippen LogP contribution is -2.11. The number of amides is 1. The summed E-state index contributed by atoms with van der Waals surface area (Å²) in [4.78, 5) is 12.1. The first-order valence-electron chi connectivity index (χ1n) is 5.50. The number of hydrogen-bond acceptors (Lipinski definition) is 1. The van der Waals surface area contributed by atoms with E-state index in [4.69, 9.17) is 23.2 Å². The highest BCUT2D eigenvalue weighted by Gasteiger charge is 2.08. The van der Waals surface area contributed by atoms with Crippen LogP contribution in [0.2, 0.25) is 10.0 Å². The van der Waals surface area contributed by atoms with Gasteiger partial charge >= 0.3 is 0 Å². The number of benzene rings is 2. The number of nitrogens with one attached hydrogen (secondary N) is 1. The summed E-state index contributed by atoms with van der Waals surface area (Å²) < 4.78 is 0.730. The minimum Gasteiger partial charge on any atom is -0.322 e. The molecule has 1 amide bonds. The van der Waals surface area contributed by atoms with Gasteiger partial charge in [0.25, 0.3) is 5.91 Å². The zero-order valence-corrected chi connectivity index (χ0v) is 13.1. The zero-order valence-electron chi connectivity index (χ0n) is 10.0. The van der Waals surface area contributed by atoms with Crippen molar-refractivity contribution >= 4 is 50.7 Å². The van der Waals surface area contributed by atoms with Crippen molar-refractivity contribution in [1.82, 2.24) is 0 Å². The lowest BCUT2D eigenvalue weighted by atomic mass is 10.1. The first kappa shape index (κ1) is 14.4. The van der Waals surface area contributed by atoms with Gasteiger partial charge in [0.05, 0.1) is 5.02 Å². The van der Waals surface area contributed by atoms with Gasteiger partial charge in [-0.1, -0.05) is 29.3 Å². The molecular weight excluding hydrogens is 349 g/mol. The van der Waals surface area contributed by atoms with Gasteiger partial charge in [-0.2, -0.15) is 0 Å². The topological polar surface area (TPSA) is 29.1 Å². The summed E-state index contributed by atoms with van der Waals surface area (Å²) in [5.74, 6) is -0.212. The van der Waals surface area contributed by atoms with Gasteiger partial charge in [0, 0.05) is 20.7 Å². The van der Waals surface area contributed by atoms with Crippen LogP contribution in [0.4, 0.5) is 5.69 Å². The average Bonchev–Trinajstić information content (AvgIpc) is 2.37. The minimum atomic E-state index is -0.212. The predicted molar refractivity (Wildman–Crippen MR) is 83.3 cm³/mol. The molecule has 0 saturated carbocycles. The lowest BCUT2D eigenvalue weighted by molar-refractivity contribution is 0.102. The third kappa shape index (κ3) is 3.50. The second-order valence-electron chi connectivity index (χ2n) is 4.05. The van der Waals surface area contributed by atoms with Gasteiger partial charge in [0.1, 0.15) is 0 Å². The Kier molecular flexibility index (Phi) is 4.50. The van der Waals surface area contributed by atoms with E-state index in [1.165, 1.54) is 0 Å². The third-order valence-corrected chi connectivity index (χ3v) is 4.23. The number of rotatable bonds is 2. The van der Waals surface area contributed by atoms with Crippen LogP contribution in [0.3, 0.4) is 0 Å². The number of anilines is 1. The van der Waals surface area contributed by atoms with Gasteiger partial charge in [-0.25, -0.2) is 0 Å². The van der Waals surface area contributed by atoms with Crippen LogP contribution in [0.1, 0.15) is 15.9 Å². The van der Waals surface area contributed by atoms with E-state index < -0.39 is 0 Å². The molecule has 0 atom stereocenters. The fourth-order valence-electron chi connectivity index (χ4n) is 1.51. The van der Waals surface area contributed by atoms with E-state index in [2.05, 4.69) is 21.2 Å². The molecule has 0 unspecified atom stereocenters. The van der Waals surface area contributed by atoms with E-state index in [0.717, 1.165) is 10.0 Å². The van der Waals surface area contributed by atoms with Crippen LogP contribution in [0.25, 0.3) is 0 Å². The summed E-state index contributed by atoms with van der Waals surface area (Å²) in [6, 6.07) is 10.4. The summed E-state index contributed by atoms with van der Waals surface area (Å²) in [5, 5.41) is 3.95. The normalized spacial score (nSPS) is 10.3. The maximum absolute atomic E-state index is 12.1. The van der Waals surface area contributed by atoms with Gasteiger partial charge in [-0.15, -0.1) is 0 Å². The van der Waals surface area contributed by atoms with Crippen molar-refractivity contribution in [3.05, 3.63) is 62.0 Å². The van der Waals surface area contributed by atoms with Crippen molar-refractivity contribution in [2.24, 2.45) is 0 Å². The molecular formula is C14H10BrCl2NO. The fraction of sp³-hybridized carbons (Fsp3) is 0.0714. The van der Waals surface area contributed by atoms with E-state index in [0.29, 0.717) is 21.3 Å². The second-order valence-corrected chi connectivity index (χ2v) is 5.72. The maximum Gasteiger partial charge on any atom is 0.255 e. The molecule has 0 saturated heterocycles. The first-order chi connectivity index (χ1) is 8.97. The van der Waals surface area contributed by atoms with Crippen molar-refractivity contribution < 1.29 is 4.79 Å². The Bertz CT molecular complexity index is 643. The number of carbonyl (C=O) groups excluding carboxylic acids is 1. The molecule has 2 rings (SSSR count). The second kappa shape index (κ2) is 5.95. The van der Waals surface area contributed by atoms with Gasteiger partial charge in [0.15, 0.2) is 0 Å². The largest absolute Gasteiger partial charge is 0.322 e. The van der Waals surface area contributed by atoms with Crippen LogP contribution in [-0.2, 0) is 0 Å². The van der Waals surface area contributed by atoms with Crippen LogP contribution in [0.15, 0.2) is 40.9 Å². The molecule has 0 aliphatic carbocycles. The number of halogens is 3. The summed E-state index contributed by atoms with van der Waals surface area (Å²) >= 11 is 15.2. The molecule has 2 aromatic carbocycles.